The zero-order valence-corrected chi connectivity index (χ0v) is 15.7. The van der Waals surface area contributed by atoms with Crippen molar-refractivity contribution in [3.8, 4) is 5.75 Å². The number of aliphatic imine (C=N–C) groups is 1. The van der Waals surface area contributed by atoms with Crippen LogP contribution in [0.25, 0.3) is 0 Å². The summed E-state index contributed by atoms with van der Waals surface area (Å²) in [5.41, 5.74) is 0.612. The summed E-state index contributed by atoms with van der Waals surface area (Å²) in [5, 5.41) is 12.9. The van der Waals surface area contributed by atoms with Crippen LogP contribution in [0, 0.1) is 0 Å². The molecule has 1 aromatic carbocycles. The van der Waals surface area contributed by atoms with Crippen LogP contribution in [-0.2, 0) is 11.2 Å². The van der Waals surface area contributed by atoms with E-state index in [9.17, 15) is 9.90 Å². The maximum atomic E-state index is 12.3. The van der Waals surface area contributed by atoms with Crippen molar-refractivity contribution < 1.29 is 14.6 Å². The van der Waals surface area contributed by atoms with Crippen LogP contribution >= 0.6 is 0 Å². The van der Waals surface area contributed by atoms with Crippen molar-refractivity contribution in [1.29, 1.82) is 0 Å². The first-order valence-corrected chi connectivity index (χ1v) is 9.12. The molecular weight excluding hydrogens is 332 g/mol. The van der Waals surface area contributed by atoms with Gasteiger partial charge in [-0.1, -0.05) is 12.1 Å². The first-order valence-electron chi connectivity index (χ1n) is 9.12. The summed E-state index contributed by atoms with van der Waals surface area (Å²) >= 11 is 0. The molecule has 0 spiro atoms. The summed E-state index contributed by atoms with van der Waals surface area (Å²) in [6.07, 6.45) is 0.568. The predicted molar refractivity (Wildman–Crippen MR) is 100 cm³/mol. The Morgan fingerprint density at radius 2 is 2.19 bits per heavy atom. The van der Waals surface area contributed by atoms with E-state index in [0.717, 1.165) is 31.0 Å². The van der Waals surface area contributed by atoms with Gasteiger partial charge >= 0.3 is 6.09 Å². The molecule has 2 aliphatic heterocycles. The summed E-state index contributed by atoms with van der Waals surface area (Å²) in [6, 6.07) is 7.51. The highest BCUT2D eigenvalue weighted by Gasteiger charge is 2.36. The van der Waals surface area contributed by atoms with Crippen molar-refractivity contribution in [1.82, 2.24) is 15.1 Å². The van der Waals surface area contributed by atoms with Crippen molar-refractivity contribution in [2.75, 3.05) is 32.7 Å². The molecule has 2 N–H and O–H groups in total. The average Bonchev–Trinajstić information content (AvgIpc) is 2.96. The van der Waals surface area contributed by atoms with E-state index in [0.29, 0.717) is 25.4 Å². The number of phenols is 1. The maximum absolute atomic E-state index is 12.3. The minimum atomic E-state index is -0.473. The standard InChI is InChI=1S/C19H28N4O3/c1-19(2,3)26-18(25)22-9-10-23-15(13-22)12-21-17(23)20-8-7-14-5-4-6-16(24)11-14/h4-6,11,15,24H,7-10,12-13H2,1-3H3,(H,20,21). The molecule has 2 aliphatic rings. The van der Waals surface area contributed by atoms with Gasteiger partial charge in [0.2, 0.25) is 0 Å². The third-order valence-corrected chi connectivity index (χ3v) is 4.47. The largest absolute Gasteiger partial charge is 0.508 e. The van der Waals surface area contributed by atoms with Crippen LogP contribution in [0.3, 0.4) is 0 Å². The highest BCUT2D eigenvalue weighted by Crippen LogP contribution is 2.18. The third-order valence-electron chi connectivity index (χ3n) is 4.47. The SMILES string of the molecule is CC(C)(C)OC(=O)N1CCN2C(NCCc3cccc(O)c3)=NCC2C1. The van der Waals surface area contributed by atoms with E-state index in [-0.39, 0.29) is 12.1 Å². The third kappa shape index (κ3) is 4.59. The van der Waals surface area contributed by atoms with Crippen LogP contribution < -0.4 is 5.32 Å². The van der Waals surface area contributed by atoms with E-state index in [1.165, 1.54) is 0 Å². The minimum absolute atomic E-state index is 0.208. The zero-order chi connectivity index (χ0) is 18.7. The summed E-state index contributed by atoms with van der Waals surface area (Å²) in [4.78, 5) is 20.9. The minimum Gasteiger partial charge on any atom is -0.508 e. The zero-order valence-electron chi connectivity index (χ0n) is 15.7. The second kappa shape index (κ2) is 7.43. The molecule has 3 rings (SSSR count). The smallest absolute Gasteiger partial charge is 0.410 e. The molecule has 2 heterocycles. The molecule has 1 fully saturated rings. The molecule has 0 radical (unpaired) electrons. The fourth-order valence-electron chi connectivity index (χ4n) is 3.25. The van der Waals surface area contributed by atoms with Crippen LogP contribution in [0.15, 0.2) is 29.3 Å². The molecule has 1 aromatic rings. The lowest BCUT2D eigenvalue weighted by atomic mass is 10.1. The number of phenolic OH excluding ortho intramolecular Hbond substituents is 1. The van der Waals surface area contributed by atoms with Crippen LogP contribution in [0.5, 0.6) is 5.75 Å². The summed E-state index contributed by atoms with van der Waals surface area (Å²) in [5.74, 6) is 1.19. The quantitative estimate of drug-likeness (QED) is 0.860. The van der Waals surface area contributed by atoms with Gasteiger partial charge in [-0.15, -0.1) is 0 Å². The molecule has 0 aromatic heterocycles. The Morgan fingerprint density at radius 1 is 1.38 bits per heavy atom. The fourth-order valence-corrected chi connectivity index (χ4v) is 3.25. The summed E-state index contributed by atoms with van der Waals surface area (Å²) in [7, 11) is 0. The number of aromatic hydroxyl groups is 1. The topological polar surface area (TPSA) is 77.4 Å². The van der Waals surface area contributed by atoms with E-state index in [1.54, 1.807) is 17.0 Å². The number of nitrogens with one attached hydrogen (secondary N) is 1. The number of rotatable bonds is 3. The van der Waals surface area contributed by atoms with E-state index in [1.807, 2.05) is 32.9 Å². The lowest BCUT2D eigenvalue weighted by Gasteiger charge is -2.39. The first-order chi connectivity index (χ1) is 12.3. The molecule has 7 heteroatoms. The molecule has 0 aliphatic carbocycles. The highest BCUT2D eigenvalue weighted by molar-refractivity contribution is 5.82. The number of fused-ring (bicyclic) bond motifs is 1. The van der Waals surface area contributed by atoms with Gasteiger partial charge in [0.25, 0.3) is 0 Å². The molecule has 1 unspecified atom stereocenters. The second-order valence-corrected chi connectivity index (χ2v) is 7.78. The molecule has 1 saturated heterocycles. The van der Waals surface area contributed by atoms with Gasteiger partial charge in [0.05, 0.1) is 12.6 Å². The van der Waals surface area contributed by atoms with Gasteiger partial charge in [-0.25, -0.2) is 4.79 Å². The Hall–Kier alpha value is -2.44. The first kappa shape index (κ1) is 18.4. The van der Waals surface area contributed by atoms with Gasteiger partial charge in [-0.3, -0.25) is 4.99 Å². The number of amides is 1. The molecular formula is C19H28N4O3. The molecule has 0 saturated carbocycles. The van der Waals surface area contributed by atoms with Crippen LogP contribution in [0.2, 0.25) is 0 Å². The summed E-state index contributed by atoms with van der Waals surface area (Å²) in [6.45, 7) is 9.11. The number of carbonyl (C=O) groups excluding carboxylic acids is 1. The van der Waals surface area contributed by atoms with Crippen LogP contribution in [0.4, 0.5) is 4.79 Å². The van der Waals surface area contributed by atoms with Crippen molar-refractivity contribution >= 4 is 12.1 Å². The molecule has 1 amide bonds. The van der Waals surface area contributed by atoms with Crippen molar-refractivity contribution in [2.45, 2.75) is 38.8 Å². The lowest BCUT2D eigenvalue weighted by molar-refractivity contribution is 0.0137. The normalized spacial score (nSPS) is 19.8. The number of ether oxygens (including phenoxy) is 1. The predicted octanol–water partition coefficient (Wildman–Crippen LogP) is 1.82. The fraction of sp³-hybridized carbons (Fsp3) is 0.579. The number of carbonyl (C=O) groups is 1. The Labute approximate surface area is 154 Å². The van der Waals surface area contributed by atoms with E-state index >= 15 is 0 Å². The Morgan fingerprint density at radius 3 is 2.92 bits per heavy atom. The number of piperazine rings is 1. The lowest BCUT2D eigenvalue weighted by Crippen LogP contribution is -2.57. The van der Waals surface area contributed by atoms with Gasteiger partial charge in [0.15, 0.2) is 5.96 Å². The van der Waals surface area contributed by atoms with Crippen molar-refractivity contribution in [3.05, 3.63) is 29.8 Å². The molecule has 26 heavy (non-hydrogen) atoms. The van der Waals surface area contributed by atoms with Gasteiger partial charge in [-0.05, 0) is 44.9 Å². The Kier molecular flexibility index (Phi) is 5.25. The van der Waals surface area contributed by atoms with Gasteiger partial charge in [-0.2, -0.15) is 0 Å². The number of hydrogen-bond donors (Lipinski definition) is 2. The number of guanidine groups is 1. The van der Waals surface area contributed by atoms with Crippen molar-refractivity contribution in [3.63, 3.8) is 0 Å². The molecule has 0 bridgehead atoms. The molecule has 142 valence electrons. The number of nitrogens with zero attached hydrogens (tertiary/aromatic N) is 3. The van der Waals surface area contributed by atoms with E-state index in [4.69, 9.17) is 4.74 Å². The van der Waals surface area contributed by atoms with Crippen LogP contribution in [0.1, 0.15) is 26.3 Å². The monoisotopic (exact) mass is 360 g/mol. The second-order valence-electron chi connectivity index (χ2n) is 7.78. The van der Waals surface area contributed by atoms with Crippen LogP contribution in [-0.4, -0.2) is 71.3 Å². The average molecular weight is 360 g/mol. The van der Waals surface area contributed by atoms with Gasteiger partial charge in [0, 0.05) is 26.2 Å². The Balaban J connectivity index is 1.47. The van der Waals surface area contributed by atoms with E-state index < -0.39 is 5.60 Å². The highest BCUT2D eigenvalue weighted by atomic mass is 16.6. The Bertz CT molecular complexity index is 684. The maximum Gasteiger partial charge on any atom is 0.410 e. The van der Waals surface area contributed by atoms with Gasteiger partial charge in [0.1, 0.15) is 11.4 Å². The molecule has 1 atom stereocenters. The van der Waals surface area contributed by atoms with Crippen molar-refractivity contribution in [2.24, 2.45) is 4.99 Å². The van der Waals surface area contributed by atoms with E-state index in [2.05, 4.69) is 15.2 Å². The molecule has 7 nitrogen and oxygen atoms in total. The number of hydrogen-bond acceptors (Lipinski definition) is 6. The van der Waals surface area contributed by atoms with Gasteiger partial charge < -0.3 is 25.0 Å². The number of benzene rings is 1. The summed E-state index contributed by atoms with van der Waals surface area (Å²) < 4.78 is 5.47.